The van der Waals surface area contributed by atoms with Gasteiger partial charge < -0.3 is 10.2 Å². The molecular formula is C17H23FN2O. The summed E-state index contributed by atoms with van der Waals surface area (Å²) >= 11 is 0. The molecule has 4 heteroatoms. The Bertz CT molecular complexity index is 510. The number of carbonyl (C=O) groups is 1. The van der Waals surface area contributed by atoms with Gasteiger partial charge >= 0.3 is 0 Å². The summed E-state index contributed by atoms with van der Waals surface area (Å²) in [5, 5.41) is 3.09. The minimum atomic E-state index is -0.394. The summed E-state index contributed by atoms with van der Waals surface area (Å²) in [7, 11) is 2.15. The molecule has 0 aromatic heterocycles. The van der Waals surface area contributed by atoms with Crippen LogP contribution in [0.1, 0.15) is 37.7 Å². The summed E-state index contributed by atoms with van der Waals surface area (Å²) in [4.78, 5) is 14.8. The van der Waals surface area contributed by atoms with Gasteiger partial charge in [0, 0.05) is 12.6 Å². The van der Waals surface area contributed by atoms with Crippen LogP contribution in [0.5, 0.6) is 0 Å². The second-order valence-electron chi connectivity index (χ2n) is 6.41. The molecule has 1 heterocycles. The number of carbonyl (C=O) groups excluding carboxylic acids is 1. The second kappa shape index (κ2) is 5.76. The Morgan fingerprint density at radius 3 is 2.67 bits per heavy atom. The Kier molecular flexibility index (Phi) is 3.98. The van der Waals surface area contributed by atoms with Crippen LogP contribution < -0.4 is 5.32 Å². The largest absolute Gasteiger partial charge is 0.355 e. The first-order valence-corrected chi connectivity index (χ1v) is 7.86. The van der Waals surface area contributed by atoms with Crippen molar-refractivity contribution in [2.75, 3.05) is 20.1 Å². The van der Waals surface area contributed by atoms with Gasteiger partial charge in [0.15, 0.2) is 0 Å². The normalized spacial score (nSPS) is 24.0. The van der Waals surface area contributed by atoms with Gasteiger partial charge in [0.05, 0.1) is 5.41 Å². The van der Waals surface area contributed by atoms with Crippen LogP contribution in [0.4, 0.5) is 4.39 Å². The fraction of sp³-hybridized carbons (Fsp3) is 0.588. The van der Waals surface area contributed by atoms with E-state index >= 15 is 0 Å². The van der Waals surface area contributed by atoms with Crippen molar-refractivity contribution in [3.05, 3.63) is 35.6 Å². The zero-order chi connectivity index (χ0) is 14.9. The zero-order valence-corrected chi connectivity index (χ0v) is 12.6. The van der Waals surface area contributed by atoms with Crippen LogP contribution in [0.3, 0.4) is 0 Å². The van der Waals surface area contributed by atoms with E-state index in [1.807, 2.05) is 0 Å². The molecule has 2 aliphatic rings. The third-order valence-corrected chi connectivity index (χ3v) is 5.02. The van der Waals surface area contributed by atoms with Crippen molar-refractivity contribution in [3.8, 4) is 0 Å². The topological polar surface area (TPSA) is 32.3 Å². The minimum absolute atomic E-state index is 0.106. The summed E-state index contributed by atoms with van der Waals surface area (Å²) in [5.74, 6) is -0.144. The van der Waals surface area contributed by atoms with Crippen molar-refractivity contribution in [2.24, 2.45) is 0 Å². The van der Waals surface area contributed by atoms with Crippen molar-refractivity contribution < 1.29 is 9.18 Å². The lowest BCUT2D eigenvalue weighted by Crippen LogP contribution is -2.37. The SMILES string of the molecule is CN1CCC[C@H]1CCNC(=O)C1(c2ccc(F)cc2)CC1. The summed E-state index contributed by atoms with van der Waals surface area (Å²) < 4.78 is 13.0. The monoisotopic (exact) mass is 290 g/mol. The van der Waals surface area contributed by atoms with Crippen molar-refractivity contribution >= 4 is 5.91 Å². The summed E-state index contributed by atoms with van der Waals surface area (Å²) in [6.07, 6.45) is 5.24. The minimum Gasteiger partial charge on any atom is -0.355 e. The average Bonchev–Trinajstić information content (AvgIpc) is 3.19. The predicted molar refractivity (Wildman–Crippen MR) is 80.6 cm³/mol. The number of benzene rings is 1. The smallest absolute Gasteiger partial charge is 0.230 e. The Hall–Kier alpha value is -1.42. The van der Waals surface area contributed by atoms with Crippen LogP contribution in [0.2, 0.25) is 0 Å². The lowest BCUT2D eigenvalue weighted by Gasteiger charge is -2.21. The second-order valence-corrected chi connectivity index (χ2v) is 6.41. The standard InChI is InChI=1S/C17H23FN2O/c1-20-12-2-3-15(20)8-11-19-16(21)17(9-10-17)13-4-6-14(18)7-5-13/h4-7,15H,2-3,8-12H2,1H3,(H,19,21)/t15-/m0/s1. The lowest BCUT2D eigenvalue weighted by atomic mass is 9.95. The van der Waals surface area contributed by atoms with Gasteiger partial charge in [-0.15, -0.1) is 0 Å². The molecule has 0 bridgehead atoms. The highest BCUT2D eigenvalue weighted by Crippen LogP contribution is 2.48. The molecule has 1 amide bonds. The van der Waals surface area contributed by atoms with E-state index in [4.69, 9.17) is 0 Å². The molecule has 1 aromatic rings. The summed E-state index contributed by atoms with van der Waals surface area (Å²) in [5.41, 5.74) is 0.550. The van der Waals surface area contributed by atoms with Crippen LogP contribution in [0.25, 0.3) is 0 Å². The maximum atomic E-state index is 13.0. The van der Waals surface area contributed by atoms with Crippen molar-refractivity contribution in [1.29, 1.82) is 0 Å². The van der Waals surface area contributed by atoms with Gasteiger partial charge in [-0.1, -0.05) is 12.1 Å². The molecule has 21 heavy (non-hydrogen) atoms. The maximum absolute atomic E-state index is 13.0. The fourth-order valence-electron chi connectivity index (χ4n) is 3.41. The number of likely N-dealkylation sites (tertiary alicyclic amines) is 1. The molecule has 1 saturated carbocycles. The van der Waals surface area contributed by atoms with E-state index in [2.05, 4.69) is 17.3 Å². The summed E-state index contributed by atoms with van der Waals surface area (Å²) in [6.45, 7) is 1.90. The van der Waals surface area contributed by atoms with Gasteiger partial charge in [-0.2, -0.15) is 0 Å². The molecule has 0 unspecified atom stereocenters. The highest BCUT2D eigenvalue weighted by molar-refractivity contribution is 5.91. The molecule has 1 atom stereocenters. The first-order chi connectivity index (χ1) is 10.1. The number of halogens is 1. The molecule has 114 valence electrons. The van der Waals surface area contributed by atoms with E-state index < -0.39 is 5.41 Å². The highest BCUT2D eigenvalue weighted by Gasteiger charge is 2.51. The van der Waals surface area contributed by atoms with Gasteiger partial charge in [0.1, 0.15) is 5.82 Å². The molecule has 1 aromatic carbocycles. The molecule has 3 rings (SSSR count). The molecule has 0 radical (unpaired) electrons. The van der Waals surface area contributed by atoms with Crippen molar-refractivity contribution in [1.82, 2.24) is 10.2 Å². The van der Waals surface area contributed by atoms with E-state index in [-0.39, 0.29) is 11.7 Å². The Balaban J connectivity index is 1.54. The van der Waals surface area contributed by atoms with Crippen molar-refractivity contribution in [3.63, 3.8) is 0 Å². The van der Waals surface area contributed by atoms with Crippen LogP contribution in [0, 0.1) is 5.82 Å². The number of nitrogens with zero attached hydrogens (tertiary/aromatic N) is 1. The number of hydrogen-bond acceptors (Lipinski definition) is 2. The molecule has 1 N–H and O–H groups in total. The van der Waals surface area contributed by atoms with Gasteiger partial charge in [0.2, 0.25) is 5.91 Å². The van der Waals surface area contributed by atoms with E-state index in [1.165, 1.54) is 25.0 Å². The van der Waals surface area contributed by atoms with Crippen LogP contribution >= 0.6 is 0 Å². The third-order valence-electron chi connectivity index (χ3n) is 5.02. The highest BCUT2D eigenvalue weighted by atomic mass is 19.1. The molecule has 2 fully saturated rings. The molecule has 3 nitrogen and oxygen atoms in total. The molecule has 1 aliphatic heterocycles. The van der Waals surface area contributed by atoms with Gasteiger partial charge in [-0.25, -0.2) is 4.39 Å². The van der Waals surface area contributed by atoms with Crippen molar-refractivity contribution in [2.45, 2.75) is 43.6 Å². The Morgan fingerprint density at radius 2 is 2.10 bits per heavy atom. The number of hydrogen-bond donors (Lipinski definition) is 1. The van der Waals surface area contributed by atoms with Gasteiger partial charge in [-0.3, -0.25) is 4.79 Å². The molecule has 1 aliphatic carbocycles. The third kappa shape index (κ3) is 2.95. The quantitative estimate of drug-likeness (QED) is 0.903. The van der Waals surface area contributed by atoms with Crippen LogP contribution in [0.15, 0.2) is 24.3 Å². The summed E-state index contributed by atoms with van der Waals surface area (Å²) in [6, 6.07) is 6.97. The first kappa shape index (κ1) is 14.5. The van der Waals surface area contributed by atoms with Crippen LogP contribution in [-0.4, -0.2) is 37.0 Å². The zero-order valence-electron chi connectivity index (χ0n) is 12.6. The Morgan fingerprint density at radius 1 is 1.38 bits per heavy atom. The predicted octanol–water partition coefficient (Wildman–Crippen LogP) is 2.46. The molecular weight excluding hydrogens is 267 g/mol. The van der Waals surface area contributed by atoms with E-state index in [0.717, 1.165) is 37.9 Å². The number of rotatable bonds is 5. The lowest BCUT2D eigenvalue weighted by molar-refractivity contribution is -0.123. The van der Waals surface area contributed by atoms with E-state index in [1.54, 1.807) is 12.1 Å². The maximum Gasteiger partial charge on any atom is 0.230 e. The fourth-order valence-corrected chi connectivity index (χ4v) is 3.41. The van der Waals surface area contributed by atoms with E-state index in [9.17, 15) is 9.18 Å². The average molecular weight is 290 g/mol. The Labute approximate surface area is 125 Å². The first-order valence-electron chi connectivity index (χ1n) is 7.86. The molecule has 1 saturated heterocycles. The van der Waals surface area contributed by atoms with E-state index in [0.29, 0.717) is 6.04 Å². The van der Waals surface area contributed by atoms with Gasteiger partial charge in [-0.05, 0) is 63.4 Å². The van der Waals surface area contributed by atoms with Crippen LogP contribution in [-0.2, 0) is 10.2 Å². The van der Waals surface area contributed by atoms with Gasteiger partial charge in [0.25, 0.3) is 0 Å². The molecule has 0 spiro atoms. The number of nitrogens with one attached hydrogen (secondary N) is 1. The number of amides is 1.